The summed E-state index contributed by atoms with van der Waals surface area (Å²) in [6, 6.07) is 8.17. The summed E-state index contributed by atoms with van der Waals surface area (Å²) in [6.07, 6.45) is 5.08. The first kappa shape index (κ1) is 15.8. The third kappa shape index (κ3) is 4.48. The van der Waals surface area contributed by atoms with E-state index in [0.717, 1.165) is 23.2 Å². The van der Waals surface area contributed by atoms with Crippen LogP contribution in [0.3, 0.4) is 0 Å². The van der Waals surface area contributed by atoms with E-state index >= 15 is 0 Å². The van der Waals surface area contributed by atoms with Gasteiger partial charge in [-0.05, 0) is 30.5 Å². The highest BCUT2D eigenvalue weighted by atomic mass is 32.2. The lowest BCUT2D eigenvalue weighted by molar-refractivity contribution is -0.128. The van der Waals surface area contributed by atoms with Gasteiger partial charge in [0.15, 0.2) is 0 Å². The van der Waals surface area contributed by atoms with Crippen LogP contribution < -0.4 is 10.6 Å². The van der Waals surface area contributed by atoms with E-state index in [2.05, 4.69) is 22.8 Å². The molecular weight excluding hydrogens is 296 g/mol. The van der Waals surface area contributed by atoms with Gasteiger partial charge in [0, 0.05) is 29.8 Å². The fourth-order valence-electron chi connectivity index (χ4n) is 2.96. The Morgan fingerprint density at radius 2 is 2.23 bits per heavy atom. The van der Waals surface area contributed by atoms with Gasteiger partial charge in [-0.3, -0.25) is 4.79 Å². The Morgan fingerprint density at radius 3 is 3.00 bits per heavy atom. The van der Waals surface area contributed by atoms with E-state index in [-0.39, 0.29) is 12.0 Å². The van der Waals surface area contributed by atoms with E-state index in [1.54, 1.807) is 0 Å². The van der Waals surface area contributed by atoms with Crippen molar-refractivity contribution in [1.82, 2.24) is 5.32 Å². The summed E-state index contributed by atoms with van der Waals surface area (Å²) in [7, 11) is 0. The highest BCUT2D eigenvalue weighted by Crippen LogP contribution is 2.31. The van der Waals surface area contributed by atoms with E-state index < -0.39 is 0 Å². The van der Waals surface area contributed by atoms with E-state index in [0.29, 0.717) is 13.2 Å². The third-order valence-corrected chi connectivity index (χ3v) is 5.65. The van der Waals surface area contributed by atoms with Gasteiger partial charge < -0.3 is 15.4 Å². The minimum Gasteiger partial charge on any atom is -0.366 e. The van der Waals surface area contributed by atoms with Gasteiger partial charge in [-0.1, -0.05) is 25.0 Å². The Morgan fingerprint density at radius 1 is 1.36 bits per heavy atom. The summed E-state index contributed by atoms with van der Waals surface area (Å²) in [5, 5.41) is 6.96. The van der Waals surface area contributed by atoms with Gasteiger partial charge in [0.2, 0.25) is 0 Å². The number of morpholine rings is 1. The molecule has 1 atom stereocenters. The predicted octanol–water partition coefficient (Wildman–Crippen LogP) is 2.79. The van der Waals surface area contributed by atoms with Crippen LogP contribution in [-0.2, 0) is 15.3 Å². The molecule has 1 aliphatic carbocycles. The lowest BCUT2D eigenvalue weighted by Crippen LogP contribution is -2.45. The molecule has 0 radical (unpaired) electrons. The number of carbonyl (C=O) groups is 1. The average Bonchev–Trinajstić information content (AvgIpc) is 3.08. The molecule has 22 heavy (non-hydrogen) atoms. The molecular formula is C17H24N2O2S. The van der Waals surface area contributed by atoms with Crippen molar-refractivity contribution in [2.24, 2.45) is 0 Å². The fraction of sp³-hybridized carbons (Fsp3) is 0.588. The van der Waals surface area contributed by atoms with Crippen LogP contribution in [0.5, 0.6) is 0 Å². The molecule has 3 rings (SSSR count). The van der Waals surface area contributed by atoms with Crippen LogP contribution >= 0.6 is 11.8 Å². The number of ether oxygens (including phenoxy) is 1. The minimum absolute atomic E-state index is 0.0622. The number of nitrogens with one attached hydrogen (secondary N) is 2. The highest BCUT2D eigenvalue weighted by Gasteiger charge is 2.21. The van der Waals surface area contributed by atoms with E-state index in [1.807, 2.05) is 23.9 Å². The zero-order valence-corrected chi connectivity index (χ0v) is 13.7. The number of thioether (sulfide) groups is 1. The van der Waals surface area contributed by atoms with Crippen LogP contribution in [0.1, 0.15) is 31.2 Å². The number of rotatable bonds is 5. The van der Waals surface area contributed by atoms with Gasteiger partial charge in [-0.15, -0.1) is 0 Å². The molecule has 0 unspecified atom stereocenters. The van der Waals surface area contributed by atoms with Gasteiger partial charge in [0.25, 0.3) is 5.91 Å². The van der Waals surface area contributed by atoms with Crippen molar-refractivity contribution in [2.45, 2.75) is 42.8 Å². The number of benzene rings is 1. The maximum Gasteiger partial charge on any atom is 0.254 e. The zero-order chi connectivity index (χ0) is 15.2. The van der Waals surface area contributed by atoms with E-state index in [4.69, 9.17) is 4.74 Å². The Kier molecular flexibility index (Phi) is 5.76. The second-order valence-electron chi connectivity index (χ2n) is 5.97. The van der Waals surface area contributed by atoms with Crippen molar-refractivity contribution >= 4 is 23.4 Å². The van der Waals surface area contributed by atoms with Crippen LogP contribution in [0.15, 0.2) is 24.3 Å². The molecule has 1 aromatic rings. The molecule has 4 nitrogen and oxygen atoms in total. The Balaban J connectivity index is 1.52. The number of anilines is 1. The summed E-state index contributed by atoms with van der Waals surface area (Å²) in [5.74, 6) is 0.961. The predicted molar refractivity (Wildman–Crippen MR) is 91.2 cm³/mol. The number of amides is 1. The van der Waals surface area contributed by atoms with Crippen molar-refractivity contribution in [1.29, 1.82) is 0 Å². The first-order chi connectivity index (χ1) is 10.8. The molecule has 0 bridgehead atoms. The molecule has 1 saturated heterocycles. The molecule has 1 amide bonds. The molecule has 120 valence electrons. The van der Waals surface area contributed by atoms with Gasteiger partial charge in [-0.2, -0.15) is 11.8 Å². The quantitative estimate of drug-likeness (QED) is 0.876. The second kappa shape index (κ2) is 7.99. The van der Waals surface area contributed by atoms with Gasteiger partial charge >= 0.3 is 0 Å². The van der Waals surface area contributed by atoms with Crippen LogP contribution in [-0.4, -0.2) is 37.0 Å². The zero-order valence-electron chi connectivity index (χ0n) is 12.8. The largest absolute Gasteiger partial charge is 0.366 e. The summed E-state index contributed by atoms with van der Waals surface area (Å²) in [6.45, 7) is 2.00. The van der Waals surface area contributed by atoms with Gasteiger partial charge in [-0.25, -0.2) is 0 Å². The summed E-state index contributed by atoms with van der Waals surface area (Å²) < 4.78 is 5.48. The Hall–Kier alpha value is -1.04. The molecule has 1 aliphatic heterocycles. The normalized spacial score (nSPS) is 22.6. The van der Waals surface area contributed by atoms with Crippen LogP contribution in [0.25, 0.3) is 0 Å². The lowest BCUT2D eigenvalue weighted by Gasteiger charge is -2.22. The second-order valence-corrected chi connectivity index (χ2v) is 7.26. The number of hydrogen-bond acceptors (Lipinski definition) is 4. The van der Waals surface area contributed by atoms with Crippen molar-refractivity contribution in [3.63, 3.8) is 0 Å². The SMILES string of the molecule is O=C(Nc1cccc(CSC2CCCC2)c1)[C@H]1CNCCO1. The first-order valence-corrected chi connectivity index (χ1v) is 9.20. The van der Waals surface area contributed by atoms with Gasteiger partial charge in [0.05, 0.1) is 6.61 Å². The van der Waals surface area contributed by atoms with Crippen LogP contribution in [0.4, 0.5) is 5.69 Å². The maximum absolute atomic E-state index is 12.2. The lowest BCUT2D eigenvalue weighted by atomic mass is 10.2. The first-order valence-electron chi connectivity index (χ1n) is 8.15. The average molecular weight is 320 g/mol. The van der Waals surface area contributed by atoms with Crippen molar-refractivity contribution in [2.75, 3.05) is 25.0 Å². The molecule has 5 heteroatoms. The Labute approximate surface area is 136 Å². The molecule has 1 saturated carbocycles. The molecule has 2 fully saturated rings. The van der Waals surface area contributed by atoms with Crippen LogP contribution in [0, 0.1) is 0 Å². The molecule has 1 aromatic carbocycles. The van der Waals surface area contributed by atoms with Gasteiger partial charge in [0.1, 0.15) is 6.10 Å². The maximum atomic E-state index is 12.2. The summed E-state index contributed by atoms with van der Waals surface area (Å²) >= 11 is 2.05. The molecule has 2 aliphatic rings. The van der Waals surface area contributed by atoms with Crippen LogP contribution in [0.2, 0.25) is 0 Å². The van der Waals surface area contributed by atoms with Crippen molar-refractivity contribution in [3.05, 3.63) is 29.8 Å². The summed E-state index contributed by atoms with van der Waals surface area (Å²) in [4.78, 5) is 12.2. The minimum atomic E-state index is -0.384. The van der Waals surface area contributed by atoms with E-state index in [9.17, 15) is 4.79 Å². The van der Waals surface area contributed by atoms with Crippen molar-refractivity contribution in [3.8, 4) is 0 Å². The fourth-order valence-corrected chi connectivity index (χ4v) is 4.24. The van der Waals surface area contributed by atoms with Crippen molar-refractivity contribution < 1.29 is 9.53 Å². The molecule has 0 spiro atoms. The summed E-state index contributed by atoms with van der Waals surface area (Å²) in [5.41, 5.74) is 2.14. The third-order valence-electron chi connectivity index (χ3n) is 4.20. The number of hydrogen-bond donors (Lipinski definition) is 2. The van der Waals surface area contributed by atoms with E-state index in [1.165, 1.54) is 31.2 Å². The highest BCUT2D eigenvalue weighted by molar-refractivity contribution is 7.99. The topological polar surface area (TPSA) is 50.4 Å². The number of carbonyl (C=O) groups excluding carboxylic acids is 1. The smallest absolute Gasteiger partial charge is 0.254 e. The molecule has 1 heterocycles. The molecule has 2 N–H and O–H groups in total. The standard InChI is InChI=1S/C17H24N2O2S/c20-17(16-11-18-8-9-21-16)19-14-5-3-4-13(10-14)12-22-15-6-1-2-7-15/h3-5,10,15-16,18H,1-2,6-9,11-12H2,(H,19,20)/t16-/m1/s1. The monoisotopic (exact) mass is 320 g/mol. The Bertz CT molecular complexity index is 497. The molecule has 0 aromatic heterocycles.